The van der Waals surface area contributed by atoms with E-state index >= 15 is 0 Å². The number of ether oxygens (including phenoxy) is 2. The van der Waals surface area contributed by atoms with Gasteiger partial charge < -0.3 is 9.47 Å². The predicted octanol–water partition coefficient (Wildman–Crippen LogP) is 9.02. The van der Waals surface area contributed by atoms with E-state index in [0.717, 1.165) is 31.7 Å². The van der Waals surface area contributed by atoms with E-state index in [2.05, 4.69) is 11.9 Å². The normalized spacial score (nSPS) is 16.2. The summed E-state index contributed by atoms with van der Waals surface area (Å²) in [6, 6.07) is 1.05. The summed E-state index contributed by atoms with van der Waals surface area (Å²) in [4.78, 5) is 52.4. The Morgan fingerprint density at radius 3 is 1.91 bits per heavy atom. The van der Waals surface area contributed by atoms with Gasteiger partial charge in [-0.05, 0) is 52.5 Å². The first kappa shape index (κ1) is 38.6. The number of hydrogen-bond acceptors (Lipinski definition) is 9. The van der Waals surface area contributed by atoms with Crippen LogP contribution in [0.1, 0.15) is 140 Å². The second-order valence-corrected chi connectivity index (χ2v) is 12.3. The van der Waals surface area contributed by atoms with Crippen LogP contribution >= 0.6 is 0 Å². The quantitative estimate of drug-likeness (QED) is 0.0376. The fraction of sp³-hybridized carbons (Fsp3) is 0.686. The number of esters is 1. The molecule has 1 aromatic carbocycles. The Labute approximate surface area is 273 Å². The molecule has 256 valence electrons. The van der Waals surface area contributed by atoms with Gasteiger partial charge in [-0.2, -0.15) is 0 Å². The largest absolute Gasteiger partial charge is 0.468 e. The van der Waals surface area contributed by atoms with Crippen LogP contribution in [-0.2, 0) is 25.5 Å². The first-order chi connectivity index (χ1) is 22.1. The van der Waals surface area contributed by atoms with Crippen LogP contribution in [0.15, 0.2) is 22.3 Å². The highest BCUT2D eigenvalue weighted by Gasteiger charge is 2.42. The molecule has 46 heavy (non-hydrogen) atoms. The molecular formula is C35H53N3O8. The average molecular weight is 644 g/mol. The lowest BCUT2D eigenvalue weighted by atomic mass is 9.71. The highest BCUT2D eigenvalue weighted by atomic mass is 16.6. The average Bonchev–Trinajstić information content (AvgIpc) is 3.00. The lowest BCUT2D eigenvalue weighted by Crippen LogP contribution is -2.32. The summed E-state index contributed by atoms with van der Waals surface area (Å²) in [7, 11) is 0. The summed E-state index contributed by atoms with van der Waals surface area (Å²) >= 11 is 0. The number of hydrogen-bond donors (Lipinski definition) is 0. The third-order valence-electron chi connectivity index (χ3n) is 9.02. The zero-order valence-electron chi connectivity index (χ0n) is 28.4. The van der Waals surface area contributed by atoms with Crippen LogP contribution in [0.5, 0.6) is 0 Å². The van der Waals surface area contributed by atoms with Crippen molar-refractivity contribution >= 4 is 29.5 Å². The smallest absolute Gasteiger partial charge is 0.336 e. The minimum absolute atomic E-state index is 0.0247. The lowest BCUT2D eigenvalue weighted by molar-refractivity contribution is -0.395. The molecule has 0 radical (unpaired) electrons. The maximum atomic E-state index is 13.4. The number of benzene rings is 1. The van der Waals surface area contributed by atoms with Gasteiger partial charge in [0.25, 0.3) is 17.8 Å². The van der Waals surface area contributed by atoms with E-state index in [1.54, 1.807) is 27.7 Å². The molecule has 0 fully saturated rings. The molecule has 11 nitrogen and oxygen atoms in total. The number of nitrogens with zero attached hydrogens (tertiary/aromatic N) is 3. The lowest BCUT2D eigenvalue weighted by Gasteiger charge is -2.34. The Hall–Kier alpha value is -3.63. The number of rotatable bonds is 23. The Morgan fingerprint density at radius 2 is 1.41 bits per heavy atom. The molecule has 0 saturated carbocycles. The van der Waals surface area contributed by atoms with Crippen LogP contribution in [0.4, 0.5) is 11.4 Å². The van der Waals surface area contributed by atoms with Crippen molar-refractivity contribution in [2.45, 2.75) is 137 Å². The highest BCUT2D eigenvalue weighted by molar-refractivity contribution is 5.98. The number of carbonyl (C=O) groups excluding carboxylic acids is 2. The number of allylic oxidation sites excluding steroid dienone is 1. The first-order valence-electron chi connectivity index (χ1n) is 17.0. The van der Waals surface area contributed by atoms with Crippen molar-refractivity contribution < 1.29 is 28.9 Å². The Morgan fingerprint density at radius 1 is 0.870 bits per heavy atom. The summed E-state index contributed by atoms with van der Waals surface area (Å²) < 4.78 is 10.4. The van der Waals surface area contributed by atoms with E-state index in [9.17, 15) is 29.8 Å². The van der Waals surface area contributed by atoms with E-state index < -0.39 is 27.7 Å². The van der Waals surface area contributed by atoms with Crippen molar-refractivity contribution in [2.24, 2.45) is 10.9 Å². The van der Waals surface area contributed by atoms with Gasteiger partial charge in [-0.15, -0.1) is 0 Å². The van der Waals surface area contributed by atoms with E-state index in [0.29, 0.717) is 41.8 Å². The number of nitro groups is 2. The topological polar surface area (TPSA) is 151 Å². The SMILES string of the molecule is CCCCCCCCCCCCCCCc1c([N+](=O)[O-])cc([N+](=O)[O-])c(C)c1C1C(C(=O)OCC)=C(C)N=C(C)C1CCOC=O. The second-order valence-electron chi connectivity index (χ2n) is 12.3. The molecule has 2 atom stereocenters. The van der Waals surface area contributed by atoms with Gasteiger partial charge in [0.2, 0.25) is 0 Å². The molecule has 1 heterocycles. The van der Waals surface area contributed by atoms with Gasteiger partial charge in [-0.25, -0.2) is 4.79 Å². The van der Waals surface area contributed by atoms with Crippen molar-refractivity contribution in [3.8, 4) is 0 Å². The molecule has 2 unspecified atom stereocenters. The summed E-state index contributed by atoms with van der Waals surface area (Å²) in [5.74, 6) is -1.93. The third-order valence-corrected chi connectivity index (χ3v) is 9.02. The maximum absolute atomic E-state index is 13.4. The monoisotopic (exact) mass is 643 g/mol. The maximum Gasteiger partial charge on any atom is 0.336 e. The summed E-state index contributed by atoms with van der Waals surface area (Å²) in [6.07, 6.45) is 15.7. The van der Waals surface area contributed by atoms with Crippen LogP contribution < -0.4 is 0 Å². The van der Waals surface area contributed by atoms with Crippen molar-refractivity contribution in [1.29, 1.82) is 0 Å². The number of nitro benzene ring substituents is 2. The van der Waals surface area contributed by atoms with Gasteiger partial charge >= 0.3 is 5.97 Å². The predicted molar refractivity (Wildman–Crippen MR) is 179 cm³/mol. The molecular weight excluding hydrogens is 590 g/mol. The fourth-order valence-electron chi connectivity index (χ4n) is 6.71. The van der Waals surface area contributed by atoms with E-state index in [-0.39, 0.29) is 42.1 Å². The Kier molecular flexibility index (Phi) is 17.2. The van der Waals surface area contributed by atoms with Crippen molar-refractivity contribution in [3.63, 3.8) is 0 Å². The molecule has 0 aliphatic carbocycles. The molecule has 0 aromatic heterocycles. The number of aliphatic imine (C=N–C) groups is 1. The zero-order chi connectivity index (χ0) is 34.1. The fourth-order valence-corrected chi connectivity index (χ4v) is 6.71. The van der Waals surface area contributed by atoms with Crippen LogP contribution in [-0.4, -0.2) is 41.2 Å². The van der Waals surface area contributed by atoms with E-state index in [4.69, 9.17) is 9.47 Å². The van der Waals surface area contributed by atoms with Gasteiger partial charge in [0.1, 0.15) is 0 Å². The second kappa shape index (κ2) is 20.5. The van der Waals surface area contributed by atoms with Gasteiger partial charge in [0.05, 0.1) is 34.7 Å². The van der Waals surface area contributed by atoms with E-state index in [1.807, 2.05) is 0 Å². The number of unbranched alkanes of at least 4 members (excludes halogenated alkanes) is 12. The van der Waals surface area contributed by atoms with Crippen molar-refractivity contribution in [3.05, 3.63) is 54.3 Å². The van der Waals surface area contributed by atoms with Crippen LogP contribution in [0.25, 0.3) is 0 Å². The van der Waals surface area contributed by atoms with Crippen LogP contribution in [0, 0.1) is 33.1 Å². The highest BCUT2D eigenvalue weighted by Crippen LogP contribution is 2.47. The van der Waals surface area contributed by atoms with Gasteiger partial charge in [-0.3, -0.25) is 30.0 Å². The molecule has 1 aromatic rings. The summed E-state index contributed by atoms with van der Waals surface area (Å²) in [5, 5.41) is 24.6. The Balaban J connectivity index is 2.39. The molecule has 0 N–H and O–H groups in total. The molecule has 1 aliphatic rings. The zero-order valence-corrected chi connectivity index (χ0v) is 28.4. The van der Waals surface area contributed by atoms with Gasteiger partial charge in [0.15, 0.2) is 0 Å². The van der Waals surface area contributed by atoms with Crippen molar-refractivity contribution in [1.82, 2.24) is 0 Å². The van der Waals surface area contributed by atoms with Gasteiger partial charge in [0, 0.05) is 34.4 Å². The third kappa shape index (κ3) is 11.0. The Bertz CT molecular complexity index is 1260. The minimum atomic E-state index is -0.803. The van der Waals surface area contributed by atoms with Crippen molar-refractivity contribution in [2.75, 3.05) is 13.2 Å². The molecule has 0 saturated heterocycles. The molecule has 0 amide bonds. The molecule has 11 heteroatoms. The van der Waals surface area contributed by atoms with E-state index in [1.165, 1.54) is 51.4 Å². The molecule has 1 aliphatic heterocycles. The summed E-state index contributed by atoms with van der Waals surface area (Å²) in [5.41, 5.74) is 1.62. The number of carbonyl (C=O) groups is 2. The minimum Gasteiger partial charge on any atom is -0.468 e. The standard InChI is InChI=1S/C35H53N3O8/c1-6-8-9-10-11-12-13-14-15-16-17-18-19-20-29-31(38(43)44)23-30(37(41)42)25(3)32(29)34-28(21-22-45-24-39)26(4)36-27(5)33(34)35(40)46-7-2/h23-24,28,34H,6-22H2,1-5H3. The van der Waals surface area contributed by atoms with Gasteiger partial charge in [-0.1, -0.05) is 84.0 Å². The summed E-state index contributed by atoms with van der Waals surface area (Å²) in [6.45, 7) is 9.42. The van der Waals surface area contributed by atoms with Crippen LogP contribution in [0.2, 0.25) is 0 Å². The molecule has 2 rings (SSSR count). The molecule has 0 bridgehead atoms. The first-order valence-corrected chi connectivity index (χ1v) is 17.0. The molecule has 0 spiro atoms. The van der Waals surface area contributed by atoms with Crippen LogP contribution in [0.3, 0.4) is 0 Å².